The van der Waals surface area contributed by atoms with Crippen LogP contribution in [0.5, 0.6) is 0 Å². The summed E-state index contributed by atoms with van der Waals surface area (Å²) >= 11 is 0. The monoisotopic (exact) mass is 252 g/mol. The zero-order chi connectivity index (χ0) is 13.2. The highest BCUT2D eigenvalue weighted by Gasteiger charge is 2.28. The highest BCUT2D eigenvalue weighted by molar-refractivity contribution is 5.68. The third-order valence-corrected chi connectivity index (χ3v) is 2.68. The van der Waals surface area contributed by atoms with E-state index >= 15 is 0 Å². The van der Waals surface area contributed by atoms with Crippen molar-refractivity contribution in [3.63, 3.8) is 0 Å². The van der Waals surface area contributed by atoms with Crippen molar-refractivity contribution in [2.24, 2.45) is 0 Å². The Labute approximate surface area is 107 Å². The number of nitrogens with zero attached hydrogens (tertiary/aromatic N) is 2. The van der Waals surface area contributed by atoms with Crippen molar-refractivity contribution < 1.29 is 9.53 Å². The second-order valence-corrected chi connectivity index (χ2v) is 5.41. The SMILES string of the molecule is CC(C)(C)OC(=O)N1CCNC(c2ncc[nH]2)C1. The van der Waals surface area contributed by atoms with Crippen molar-refractivity contribution >= 4 is 6.09 Å². The second kappa shape index (κ2) is 4.97. The fourth-order valence-electron chi connectivity index (χ4n) is 1.89. The molecule has 1 amide bonds. The van der Waals surface area contributed by atoms with Crippen molar-refractivity contribution in [1.29, 1.82) is 0 Å². The van der Waals surface area contributed by atoms with Gasteiger partial charge in [-0.05, 0) is 20.8 Å². The zero-order valence-electron chi connectivity index (χ0n) is 11.1. The van der Waals surface area contributed by atoms with E-state index in [2.05, 4.69) is 15.3 Å². The van der Waals surface area contributed by atoms with Crippen LogP contribution >= 0.6 is 0 Å². The summed E-state index contributed by atoms with van der Waals surface area (Å²) in [5, 5.41) is 3.33. The fourth-order valence-corrected chi connectivity index (χ4v) is 1.89. The van der Waals surface area contributed by atoms with E-state index in [-0.39, 0.29) is 12.1 Å². The first-order chi connectivity index (χ1) is 8.46. The molecule has 0 spiro atoms. The Morgan fingerprint density at radius 3 is 2.94 bits per heavy atom. The molecular formula is C12H20N4O2. The van der Waals surface area contributed by atoms with Crippen molar-refractivity contribution in [3.8, 4) is 0 Å². The number of aromatic nitrogens is 2. The topological polar surface area (TPSA) is 70.2 Å². The molecule has 1 aromatic rings. The van der Waals surface area contributed by atoms with Crippen LogP contribution in [0.2, 0.25) is 0 Å². The molecule has 100 valence electrons. The number of carbonyl (C=O) groups excluding carboxylic acids is 1. The molecular weight excluding hydrogens is 232 g/mol. The van der Waals surface area contributed by atoms with Crippen LogP contribution in [0.15, 0.2) is 12.4 Å². The van der Waals surface area contributed by atoms with Gasteiger partial charge in [-0.15, -0.1) is 0 Å². The van der Waals surface area contributed by atoms with E-state index in [1.165, 1.54) is 0 Å². The molecule has 6 heteroatoms. The molecule has 0 aromatic carbocycles. The standard InChI is InChI=1S/C12H20N4O2/c1-12(2,3)18-11(17)16-7-6-13-9(8-16)10-14-4-5-15-10/h4-5,9,13H,6-8H2,1-3H3,(H,14,15). The van der Waals surface area contributed by atoms with E-state index in [4.69, 9.17) is 4.74 Å². The van der Waals surface area contributed by atoms with Crippen molar-refractivity contribution in [2.75, 3.05) is 19.6 Å². The molecule has 1 atom stereocenters. The summed E-state index contributed by atoms with van der Waals surface area (Å²) in [5.74, 6) is 0.850. The maximum absolute atomic E-state index is 12.0. The minimum Gasteiger partial charge on any atom is -0.444 e. The Hall–Kier alpha value is -1.56. The van der Waals surface area contributed by atoms with Gasteiger partial charge in [0.05, 0.1) is 6.04 Å². The van der Waals surface area contributed by atoms with E-state index in [1.54, 1.807) is 17.3 Å². The molecule has 2 rings (SSSR count). The lowest BCUT2D eigenvalue weighted by Gasteiger charge is -2.34. The predicted octanol–water partition coefficient (Wildman–Crippen LogP) is 1.29. The molecule has 1 aliphatic heterocycles. The van der Waals surface area contributed by atoms with Crippen LogP contribution in [0, 0.1) is 0 Å². The normalized spacial score (nSPS) is 20.8. The first kappa shape index (κ1) is 12.9. The number of hydrogen-bond donors (Lipinski definition) is 2. The predicted molar refractivity (Wildman–Crippen MR) is 67.1 cm³/mol. The number of ether oxygens (including phenoxy) is 1. The van der Waals surface area contributed by atoms with Crippen LogP contribution < -0.4 is 5.32 Å². The molecule has 1 aliphatic rings. The molecule has 0 aliphatic carbocycles. The first-order valence-corrected chi connectivity index (χ1v) is 6.16. The van der Waals surface area contributed by atoms with Crippen LogP contribution in [0.3, 0.4) is 0 Å². The number of nitrogens with one attached hydrogen (secondary N) is 2. The summed E-state index contributed by atoms with van der Waals surface area (Å²) in [4.78, 5) is 21.0. The van der Waals surface area contributed by atoms with Gasteiger partial charge in [0.1, 0.15) is 11.4 Å². The van der Waals surface area contributed by atoms with Gasteiger partial charge in [0.25, 0.3) is 0 Å². The van der Waals surface area contributed by atoms with Crippen LogP contribution in [0.25, 0.3) is 0 Å². The number of hydrogen-bond acceptors (Lipinski definition) is 4. The van der Waals surface area contributed by atoms with Gasteiger partial charge in [-0.1, -0.05) is 0 Å². The van der Waals surface area contributed by atoms with Crippen LogP contribution in [0.1, 0.15) is 32.6 Å². The maximum Gasteiger partial charge on any atom is 0.410 e. The summed E-state index contributed by atoms with van der Waals surface area (Å²) < 4.78 is 5.37. The molecule has 6 nitrogen and oxygen atoms in total. The van der Waals surface area contributed by atoms with Gasteiger partial charge < -0.3 is 19.9 Å². The van der Waals surface area contributed by atoms with Crippen LogP contribution in [-0.2, 0) is 4.74 Å². The number of aromatic amines is 1. The molecule has 1 saturated heterocycles. The summed E-state index contributed by atoms with van der Waals surface area (Å²) in [6, 6.07) is 0.0428. The first-order valence-electron chi connectivity index (χ1n) is 6.16. The van der Waals surface area contributed by atoms with E-state index in [9.17, 15) is 4.79 Å². The molecule has 2 heterocycles. The Morgan fingerprint density at radius 1 is 1.56 bits per heavy atom. The number of imidazole rings is 1. The molecule has 2 N–H and O–H groups in total. The number of rotatable bonds is 1. The summed E-state index contributed by atoms with van der Waals surface area (Å²) in [5.41, 5.74) is -0.456. The van der Waals surface area contributed by atoms with E-state index in [0.29, 0.717) is 13.1 Å². The van der Waals surface area contributed by atoms with E-state index in [1.807, 2.05) is 20.8 Å². The molecule has 1 unspecified atom stereocenters. The Balaban J connectivity index is 1.96. The largest absolute Gasteiger partial charge is 0.444 e. The summed E-state index contributed by atoms with van der Waals surface area (Å²) in [6.07, 6.45) is 3.23. The average molecular weight is 252 g/mol. The van der Waals surface area contributed by atoms with Crippen LogP contribution in [-0.4, -0.2) is 46.2 Å². The Bertz CT molecular complexity index is 397. The van der Waals surface area contributed by atoms with Crippen LogP contribution in [0.4, 0.5) is 4.79 Å². The average Bonchev–Trinajstić information content (AvgIpc) is 2.80. The van der Waals surface area contributed by atoms with Gasteiger partial charge >= 0.3 is 6.09 Å². The van der Waals surface area contributed by atoms with E-state index < -0.39 is 5.60 Å². The van der Waals surface area contributed by atoms with Gasteiger partial charge in [0.2, 0.25) is 0 Å². The maximum atomic E-state index is 12.0. The highest BCUT2D eigenvalue weighted by Crippen LogP contribution is 2.16. The Morgan fingerprint density at radius 2 is 2.33 bits per heavy atom. The molecule has 0 bridgehead atoms. The summed E-state index contributed by atoms with van der Waals surface area (Å²) in [7, 11) is 0. The van der Waals surface area contributed by atoms with Crippen molar-refractivity contribution in [3.05, 3.63) is 18.2 Å². The molecule has 18 heavy (non-hydrogen) atoms. The van der Waals surface area contributed by atoms with Gasteiger partial charge in [0, 0.05) is 32.0 Å². The lowest BCUT2D eigenvalue weighted by atomic mass is 10.2. The van der Waals surface area contributed by atoms with Gasteiger partial charge in [-0.2, -0.15) is 0 Å². The molecule has 1 aromatic heterocycles. The second-order valence-electron chi connectivity index (χ2n) is 5.41. The van der Waals surface area contributed by atoms with Crippen molar-refractivity contribution in [2.45, 2.75) is 32.4 Å². The fraction of sp³-hybridized carbons (Fsp3) is 0.667. The highest BCUT2D eigenvalue weighted by atomic mass is 16.6. The lowest BCUT2D eigenvalue weighted by molar-refractivity contribution is 0.0192. The number of carbonyl (C=O) groups is 1. The van der Waals surface area contributed by atoms with Gasteiger partial charge in [0.15, 0.2) is 0 Å². The number of H-pyrrole nitrogens is 1. The van der Waals surface area contributed by atoms with E-state index in [0.717, 1.165) is 12.4 Å². The summed E-state index contributed by atoms with van der Waals surface area (Å²) in [6.45, 7) is 7.59. The minimum absolute atomic E-state index is 0.0428. The third kappa shape index (κ3) is 3.22. The van der Waals surface area contributed by atoms with Gasteiger partial charge in [-0.25, -0.2) is 9.78 Å². The van der Waals surface area contributed by atoms with Gasteiger partial charge in [-0.3, -0.25) is 0 Å². The Kier molecular flexibility index (Phi) is 3.56. The quantitative estimate of drug-likeness (QED) is 0.790. The molecule has 0 saturated carbocycles. The molecule has 0 radical (unpaired) electrons. The van der Waals surface area contributed by atoms with Crippen molar-refractivity contribution in [1.82, 2.24) is 20.2 Å². The molecule has 1 fully saturated rings. The number of amides is 1. The minimum atomic E-state index is -0.456. The number of piperazine rings is 1. The lowest BCUT2D eigenvalue weighted by Crippen LogP contribution is -2.49. The smallest absolute Gasteiger partial charge is 0.410 e. The zero-order valence-corrected chi connectivity index (χ0v) is 11.1. The third-order valence-electron chi connectivity index (χ3n) is 2.68.